The number of pyridine rings is 1. The predicted molar refractivity (Wildman–Crippen MR) is 86.9 cm³/mol. The van der Waals surface area contributed by atoms with Crippen LogP contribution in [0.25, 0.3) is 0 Å². The van der Waals surface area contributed by atoms with Crippen molar-refractivity contribution < 1.29 is 8.42 Å². The molecular formula is C15H24N4O2S. The second kappa shape index (κ2) is 6.52. The molecule has 0 atom stereocenters. The second-order valence-electron chi connectivity index (χ2n) is 6.16. The van der Waals surface area contributed by atoms with Gasteiger partial charge in [-0.1, -0.05) is 13.0 Å². The lowest BCUT2D eigenvalue weighted by Gasteiger charge is -2.38. The second-order valence-corrected chi connectivity index (χ2v) is 8.09. The van der Waals surface area contributed by atoms with Gasteiger partial charge in [0, 0.05) is 45.5 Å². The minimum absolute atomic E-state index is 0.533. The van der Waals surface area contributed by atoms with E-state index in [1.165, 1.54) is 0 Å². The standard InChI is InChI=1S/C15H24N4O2S/c1-14-5-8-18(9-6-14)22(20,21)19-12-10-17(11-13-19)15-4-2-3-7-16-15/h2-4,7,14H,5-6,8-13H2,1H3. The molecule has 3 rings (SSSR count). The van der Waals surface area contributed by atoms with E-state index in [-0.39, 0.29) is 0 Å². The van der Waals surface area contributed by atoms with Crippen LogP contribution in [0.5, 0.6) is 0 Å². The smallest absolute Gasteiger partial charge is 0.282 e. The summed E-state index contributed by atoms with van der Waals surface area (Å²) in [5.41, 5.74) is 0. The number of anilines is 1. The van der Waals surface area contributed by atoms with E-state index in [0.717, 1.165) is 18.7 Å². The van der Waals surface area contributed by atoms with Crippen molar-refractivity contribution in [2.24, 2.45) is 5.92 Å². The van der Waals surface area contributed by atoms with Crippen molar-refractivity contribution in [2.75, 3.05) is 44.2 Å². The third kappa shape index (κ3) is 3.26. The molecule has 0 aromatic carbocycles. The summed E-state index contributed by atoms with van der Waals surface area (Å²) in [5, 5.41) is 0. The molecule has 0 amide bonds. The molecule has 0 spiro atoms. The van der Waals surface area contributed by atoms with Crippen LogP contribution in [0.1, 0.15) is 19.8 Å². The molecular weight excluding hydrogens is 300 g/mol. The van der Waals surface area contributed by atoms with Crippen LogP contribution in [-0.4, -0.2) is 61.3 Å². The lowest BCUT2D eigenvalue weighted by Crippen LogP contribution is -2.54. The molecule has 122 valence electrons. The summed E-state index contributed by atoms with van der Waals surface area (Å²) in [4.78, 5) is 6.48. The Kier molecular flexibility index (Phi) is 4.65. The molecule has 6 nitrogen and oxygen atoms in total. The topological polar surface area (TPSA) is 56.8 Å². The van der Waals surface area contributed by atoms with E-state index in [1.54, 1.807) is 14.8 Å². The first-order valence-corrected chi connectivity index (χ1v) is 9.38. The molecule has 2 saturated heterocycles. The molecule has 0 aliphatic carbocycles. The summed E-state index contributed by atoms with van der Waals surface area (Å²) in [6, 6.07) is 5.82. The van der Waals surface area contributed by atoms with E-state index in [2.05, 4.69) is 16.8 Å². The zero-order valence-corrected chi connectivity index (χ0v) is 13.9. The van der Waals surface area contributed by atoms with Crippen LogP contribution in [0, 0.1) is 5.92 Å². The van der Waals surface area contributed by atoms with E-state index >= 15 is 0 Å². The Bertz CT molecular complexity index is 577. The number of aromatic nitrogens is 1. The Morgan fingerprint density at radius 1 is 1.00 bits per heavy atom. The number of rotatable bonds is 3. The van der Waals surface area contributed by atoms with Gasteiger partial charge in [0.1, 0.15) is 5.82 Å². The van der Waals surface area contributed by atoms with Crippen LogP contribution < -0.4 is 4.90 Å². The highest BCUT2D eigenvalue weighted by atomic mass is 32.2. The fourth-order valence-electron chi connectivity index (χ4n) is 3.07. The van der Waals surface area contributed by atoms with Gasteiger partial charge in [-0.25, -0.2) is 4.98 Å². The van der Waals surface area contributed by atoms with Crippen LogP contribution in [0.2, 0.25) is 0 Å². The summed E-state index contributed by atoms with van der Waals surface area (Å²) in [6.45, 7) is 5.96. The largest absolute Gasteiger partial charge is 0.354 e. The van der Waals surface area contributed by atoms with Gasteiger partial charge in [-0.2, -0.15) is 17.0 Å². The van der Waals surface area contributed by atoms with Gasteiger partial charge >= 0.3 is 0 Å². The van der Waals surface area contributed by atoms with Crippen molar-refractivity contribution in [1.29, 1.82) is 0 Å². The molecule has 0 saturated carbocycles. The Morgan fingerprint density at radius 2 is 1.64 bits per heavy atom. The fourth-order valence-corrected chi connectivity index (χ4v) is 4.69. The lowest BCUT2D eigenvalue weighted by molar-refractivity contribution is 0.260. The predicted octanol–water partition coefficient (Wildman–Crippen LogP) is 1.18. The number of piperidine rings is 1. The molecule has 0 unspecified atom stereocenters. The highest BCUT2D eigenvalue weighted by Crippen LogP contribution is 2.22. The highest BCUT2D eigenvalue weighted by Gasteiger charge is 2.34. The number of hydrogen-bond acceptors (Lipinski definition) is 4. The maximum atomic E-state index is 12.7. The van der Waals surface area contributed by atoms with Gasteiger partial charge in [0.05, 0.1) is 0 Å². The number of nitrogens with zero attached hydrogens (tertiary/aromatic N) is 4. The van der Waals surface area contributed by atoms with E-state index in [4.69, 9.17) is 0 Å². The molecule has 1 aromatic rings. The van der Waals surface area contributed by atoms with E-state index in [9.17, 15) is 8.42 Å². The van der Waals surface area contributed by atoms with Gasteiger partial charge < -0.3 is 4.90 Å². The van der Waals surface area contributed by atoms with Gasteiger partial charge in [0.15, 0.2) is 0 Å². The van der Waals surface area contributed by atoms with Crippen LogP contribution >= 0.6 is 0 Å². The zero-order chi connectivity index (χ0) is 15.6. The average Bonchev–Trinajstić information content (AvgIpc) is 2.56. The maximum absolute atomic E-state index is 12.7. The summed E-state index contributed by atoms with van der Waals surface area (Å²) in [7, 11) is -3.29. The molecule has 2 aliphatic heterocycles. The maximum Gasteiger partial charge on any atom is 0.282 e. The quantitative estimate of drug-likeness (QED) is 0.838. The first-order valence-electron chi connectivity index (χ1n) is 7.98. The summed E-state index contributed by atoms with van der Waals surface area (Å²) >= 11 is 0. The van der Waals surface area contributed by atoms with Crippen molar-refractivity contribution >= 4 is 16.0 Å². The van der Waals surface area contributed by atoms with Crippen molar-refractivity contribution in [1.82, 2.24) is 13.6 Å². The SMILES string of the molecule is CC1CCN(S(=O)(=O)N2CCN(c3ccccn3)CC2)CC1. The Labute approximate surface area is 132 Å². The van der Waals surface area contributed by atoms with Crippen LogP contribution in [0.3, 0.4) is 0 Å². The Balaban J connectivity index is 1.61. The lowest BCUT2D eigenvalue weighted by atomic mass is 10.0. The average molecular weight is 324 g/mol. The number of hydrogen-bond donors (Lipinski definition) is 0. The minimum Gasteiger partial charge on any atom is -0.354 e. The summed E-state index contributed by atoms with van der Waals surface area (Å²) in [6.07, 6.45) is 3.70. The van der Waals surface area contributed by atoms with Crippen molar-refractivity contribution in [2.45, 2.75) is 19.8 Å². The number of piperazine rings is 1. The molecule has 0 bridgehead atoms. The highest BCUT2D eigenvalue weighted by molar-refractivity contribution is 7.86. The van der Waals surface area contributed by atoms with Gasteiger partial charge in [-0.05, 0) is 30.9 Å². The molecule has 7 heteroatoms. The van der Waals surface area contributed by atoms with Gasteiger partial charge in [0.2, 0.25) is 0 Å². The van der Waals surface area contributed by atoms with E-state index in [0.29, 0.717) is 45.2 Å². The molecule has 0 N–H and O–H groups in total. The van der Waals surface area contributed by atoms with Crippen molar-refractivity contribution in [3.63, 3.8) is 0 Å². The molecule has 2 aliphatic rings. The monoisotopic (exact) mass is 324 g/mol. The minimum atomic E-state index is -3.29. The third-order valence-electron chi connectivity index (χ3n) is 4.61. The summed E-state index contributed by atoms with van der Waals surface area (Å²) in [5.74, 6) is 1.55. The summed E-state index contributed by atoms with van der Waals surface area (Å²) < 4.78 is 28.7. The first-order chi connectivity index (χ1) is 10.6. The van der Waals surface area contributed by atoms with Crippen LogP contribution in [-0.2, 0) is 10.2 Å². The van der Waals surface area contributed by atoms with Crippen molar-refractivity contribution in [3.05, 3.63) is 24.4 Å². The van der Waals surface area contributed by atoms with Gasteiger partial charge in [-0.15, -0.1) is 0 Å². The first kappa shape index (κ1) is 15.7. The molecule has 1 aromatic heterocycles. The Morgan fingerprint density at radius 3 is 2.23 bits per heavy atom. The molecule has 22 heavy (non-hydrogen) atoms. The van der Waals surface area contributed by atoms with E-state index in [1.807, 2.05) is 18.2 Å². The Hall–Kier alpha value is -1.18. The van der Waals surface area contributed by atoms with Gasteiger partial charge in [0.25, 0.3) is 10.2 Å². The van der Waals surface area contributed by atoms with Gasteiger partial charge in [-0.3, -0.25) is 0 Å². The van der Waals surface area contributed by atoms with Crippen molar-refractivity contribution in [3.8, 4) is 0 Å². The molecule has 0 radical (unpaired) electrons. The van der Waals surface area contributed by atoms with E-state index < -0.39 is 10.2 Å². The third-order valence-corrected chi connectivity index (χ3v) is 6.64. The van der Waals surface area contributed by atoms with Crippen LogP contribution in [0.15, 0.2) is 24.4 Å². The van der Waals surface area contributed by atoms with Crippen LogP contribution in [0.4, 0.5) is 5.82 Å². The zero-order valence-electron chi connectivity index (χ0n) is 13.1. The molecule has 3 heterocycles. The molecule has 2 fully saturated rings. The fraction of sp³-hybridized carbons (Fsp3) is 0.667. The normalized spacial score (nSPS) is 22.9.